The van der Waals surface area contributed by atoms with Gasteiger partial charge in [-0.05, 0) is 29.3 Å². The molecular formula is C16H14N+. The third-order valence-electron chi connectivity index (χ3n) is 3.15. The molecule has 82 valence electrons. The average Bonchev–Trinajstić information content (AvgIpc) is 2.39. The van der Waals surface area contributed by atoms with Gasteiger partial charge in [0.2, 0.25) is 5.35 Å². The molecular weight excluding hydrogens is 206 g/mol. The molecule has 1 aliphatic rings. The Labute approximate surface area is 100 Å². The molecule has 3 rings (SSSR count). The lowest BCUT2D eigenvalue weighted by molar-refractivity contribution is -0.510. The number of pyridine rings is 1. The number of aromatic nitrogens is 1. The summed E-state index contributed by atoms with van der Waals surface area (Å²) < 4.78 is 1.92. The van der Waals surface area contributed by atoms with Crippen molar-refractivity contribution in [3.05, 3.63) is 82.8 Å². The SMILES string of the molecule is C=[n+]1ccccc1=c1cccc2c1=CC=CC2. The highest BCUT2D eigenvalue weighted by molar-refractivity contribution is 5.44. The van der Waals surface area contributed by atoms with Crippen LogP contribution in [0.2, 0.25) is 0 Å². The minimum atomic E-state index is 1.02. The highest BCUT2D eigenvalue weighted by Gasteiger charge is 2.01. The van der Waals surface area contributed by atoms with Gasteiger partial charge in [-0.25, -0.2) is 0 Å². The lowest BCUT2D eigenvalue weighted by Gasteiger charge is -2.02. The van der Waals surface area contributed by atoms with Crippen LogP contribution in [0.1, 0.15) is 5.56 Å². The fourth-order valence-corrected chi connectivity index (χ4v) is 2.29. The van der Waals surface area contributed by atoms with Crippen molar-refractivity contribution < 1.29 is 4.24 Å². The number of allylic oxidation sites excluding steroid dienone is 2. The average molecular weight is 220 g/mol. The molecule has 1 nitrogen and oxygen atoms in total. The van der Waals surface area contributed by atoms with Gasteiger partial charge in [0, 0.05) is 12.1 Å². The molecule has 0 unspecified atom stereocenters. The molecule has 0 saturated carbocycles. The van der Waals surface area contributed by atoms with E-state index in [9.17, 15) is 0 Å². The Bertz CT molecular complexity index is 785. The lowest BCUT2D eigenvalue weighted by Crippen LogP contribution is -2.20. The van der Waals surface area contributed by atoms with E-state index in [-0.39, 0.29) is 0 Å². The minimum Gasteiger partial charge on any atom is -0.174 e. The largest absolute Gasteiger partial charge is 0.217 e. The van der Waals surface area contributed by atoms with Crippen molar-refractivity contribution in [2.24, 2.45) is 0 Å². The van der Waals surface area contributed by atoms with Gasteiger partial charge in [0.25, 0.3) is 0 Å². The first-order chi connectivity index (χ1) is 8.36. The van der Waals surface area contributed by atoms with Gasteiger partial charge in [-0.2, -0.15) is 4.24 Å². The monoisotopic (exact) mass is 220 g/mol. The number of nitrogens with zero attached hydrogens (tertiary/aromatic N) is 1. The molecule has 0 bridgehead atoms. The fourth-order valence-electron chi connectivity index (χ4n) is 2.29. The lowest BCUT2D eigenvalue weighted by atomic mass is 10.0. The fraction of sp³-hybridized carbons (Fsp3) is 0.0625. The number of hydrogen-bond acceptors (Lipinski definition) is 0. The number of rotatable bonds is 0. The highest BCUT2D eigenvalue weighted by atomic mass is 14.8. The molecule has 17 heavy (non-hydrogen) atoms. The molecule has 1 aromatic heterocycles. The standard InChI is InChI=1S/C16H14N/c1-17-12-5-4-11-16(17)15-10-6-8-13-7-2-3-9-14(13)15/h2-6,8-12H,1,7H2/q+1. The van der Waals surface area contributed by atoms with Crippen LogP contribution in [0, 0.1) is 17.3 Å². The summed E-state index contributed by atoms with van der Waals surface area (Å²) in [4.78, 5) is 0. The zero-order valence-electron chi connectivity index (χ0n) is 9.63. The molecule has 1 aromatic carbocycles. The maximum absolute atomic E-state index is 4.03. The van der Waals surface area contributed by atoms with Crippen LogP contribution in [0.3, 0.4) is 0 Å². The van der Waals surface area contributed by atoms with Gasteiger partial charge in [-0.3, -0.25) is 0 Å². The van der Waals surface area contributed by atoms with Crippen molar-refractivity contribution in [2.75, 3.05) is 0 Å². The molecule has 0 atom stereocenters. The first-order valence-electron chi connectivity index (χ1n) is 5.80. The Morgan fingerprint density at radius 3 is 2.88 bits per heavy atom. The van der Waals surface area contributed by atoms with Crippen LogP contribution in [0.25, 0.3) is 6.08 Å². The van der Waals surface area contributed by atoms with E-state index in [2.05, 4.69) is 55.3 Å². The first kappa shape index (κ1) is 10.0. The van der Waals surface area contributed by atoms with E-state index in [1.807, 2.05) is 16.5 Å². The van der Waals surface area contributed by atoms with Crippen LogP contribution >= 0.6 is 0 Å². The van der Waals surface area contributed by atoms with E-state index in [4.69, 9.17) is 0 Å². The van der Waals surface area contributed by atoms with Crippen molar-refractivity contribution in [2.45, 2.75) is 6.42 Å². The third kappa shape index (κ3) is 1.70. The summed E-state index contributed by atoms with van der Waals surface area (Å²) >= 11 is 0. The quantitative estimate of drug-likeness (QED) is 0.597. The second kappa shape index (κ2) is 4.02. The third-order valence-corrected chi connectivity index (χ3v) is 3.15. The predicted molar refractivity (Wildman–Crippen MR) is 68.4 cm³/mol. The molecule has 0 saturated heterocycles. The van der Waals surface area contributed by atoms with Crippen LogP contribution in [-0.4, -0.2) is 0 Å². The number of fused-ring (bicyclic) bond motifs is 1. The zero-order valence-corrected chi connectivity index (χ0v) is 9.63. The minimum absolute atomic E-state index is 1.02. The van der Waals surface area contributed by atoms with Crippen molar-refractivity contribution in [3.63, 3.8) is 0 Å². The van der Waals surface area contributed by atoms with Crippen LogP contribution in [-0.2, 0) is 6.42 Å². The van der Waals surface area contributed by atoms with Gasteiger partial charge in [0.15, 0.2) is 6.20 Å². The second-order valence-corrected chi connectivity index (χ2v) is 4.23. The van der Waals surface area contributed by atoms with Crippen LogP contribution in [0.15, 0.2) is 54.7 Å². The maximum atomic E-state index is 4.03. The van der Waals surface area contributed by atoms with Gasteiger partial charge >= 0.3 is 0 Å². The van der Waals surface area contributed by atoms with E-state index in [0.29, 0.717) is 0 Å². The molecule has 1 heterocycles. The summed E-state index contributed by atoms with van der Waals surface area (Å²) in [5.74, 6) is 0. The topological polar surface area (TPSA) is 5.90 Å². The zero-order chi connectivity index (χ0) is 11.7. The molecule has 0 N–H and O–H groups in total. The number of hydrogen-bond donors (Lipinski definition) is 0. The van der Waals surface area contributed by atoms with Gasteiger partial charge in [-0.15, -0.1) is 0 Å². The molecule has 1 aliphatic carbocycles. The Hall–Kier alpha value is -2.15. The molecule has 1 heteroatoms. The van der Waals surface area contributed by atoms with Gasteiger partial charge < -0.3 is 0 Å². The molecule has 0 spiro atoms. The van der Waals surface area contributed by atoms with Crippen molar-refractivity contribution in [3.8, 4) is 0 Å². The summed E-state index contributed by atoms with van der Waals surface area (Å²) in [5.41, 5.74) is 1.38. The van der Waals surface area contributed by atoms with Crippen molar-refractivity contribution in [1.29, 1.82) is 0 Å². The molecule has 0 aliphatic heterocycles. The maximum Gasteiger partial charge on any atom is 0.217 e. The van der Waals surface area contributed by atoms with Crippen LogP contribution in [0.5, 0.6) is 0 Å². The van der Waals surface area contributed by atoms with Gasteiger partial charge in [-0.1, -0.05) is 30.4 Å². The van der Waals surface area contributed by atoms with E-state index < -0.39 is 0 Å². The van der Waals surface area contributed by atoms with E-state index in [1.54, 1.807) is 0 Å². The summed E-state index contributed by atoms with van der Waals surface area (Å²) in [6, 6.07) is 12.6. The smallest absolute Gasteiger partial charge is 0.174 e. The van der Waals surface area contributed by atoms with Crippen molar-refractivity contribution >= 4 is 6.08 Å². The van der Waals surface area contributed by atoms with E-state index in [1.165, 1.54) is 16.0 Å². The molecule has 0 fully saturated rings. The Morgan fingerprint density at radius 1 is 1.06 bits per heavy atom. The number of benzene rings is 1. The Kier molecular flexibility index (Phi) is 2.37. The Balaban J connectivity index is 2.63. The molecule has 2 aromatic rings. The normalized spacial score (nSPS) is 15.1. The summed E-state index contributed by atoms with van der Waals surface area (Å²) in [7, 11) is 0. The first-order valence-corrected chi connectivity index (χ1v) is 5.80. The summed E-state index contributed by atoms with van der Waals surface area (Å²) in [6.45, 7) is 4.03. The van der Waals surface area contributed by atoms with Crippen molar-refractivity contribution in [1.82, 2.24) is 0 Å². The summed E-state index contributed by atoms with van der Waals surface area (Å²) in [5, 5.41) is 3.72. The highest BCUT2D eigenvalue weighted by Crippen LogP contribution is 2.01. The van der Waals surface area contributed by atoms with E-state index >= 15 is 0 Å². The second-order valence-electron chi connectivity index (χ2n) is 4.23. The van der Waals surface area contributed by atoms with E-state index in [0.717, 1.165) is 11.8 Å². The van der Waals surface area contributed by atoms with Crippen LogP contribution in [0.4, 0.5) is 0 Å². The van der Waals surface area contributed by atoms with Gasteiger partial charge in [0.1, 0.15) is 6.72 Å². The Morgan fingerprint density at radius 2 is 2.00 bits per heavy atom. The van der Waals surface area contributed by atoms with Gasteiger partial charge in [0.05, 0.1) is 5.22 Å². The predicted octanol–water partition coefficient (Wildman–Crippen LogP) is 1.79. The van der Waals surface area contributed by atoms with Crippen LogP contribution < -0.4 is 9.46 Å². The summed E-state index contributed by atoms with van der Waals surface area (Å²) in [6.07, 6.45) is 9.50. The molecule has 0 radical (unpaired) electrons. The molecule has 0 amide bonds.